The summed E-state index contributed by atoms with van der Waals surface area (Å²) in [7, 11) is 0. The molecule has 1 heterocycles. The largest absolute Gasteiger partial charge is 0.481 e. The summed E-state index contributed by atoms with van der Waals surface area (Å²) >= 11 is 2.02. The van der Waals surface area contributed by atoms with Crippen molar-refractivity contribution in [2.75, 3.05) is 11.5 Å². The second-order valence-electron chi connectivity index (χ2n) is 6.41. The van der Waals surface area contributed by atoms with E-state index in [1.54, 1.807) is 0 Å². The molecular weight excluding hydrogens is 246 g/mol. The molecule has 4 unspecified atom stereocenters. The highest BCUT2D eigenvalue weighted by Crippen LogP contribution is 2.45. The lowest BCUT2D eigenvalue weighted by Crippen LogP contribution is -2.53. The summed E-state index contributed by atoms with van der Waals surface area (Å²) in [6, 6.07) is 1.12. The van der Waals surface area contributed by atoms with E-state index in [1.165, 1.54) is 17.9 Å². The van der Waals surface area contributed by atoms with Gasteiger partial charge in [-0.15, -0.1) is 0 Å². The average molecular weight is 271 g/mol. The van der Waals surface area contributed by atoms with Gasteiger partial charge in [-0.2, -0.15) is 11.8 Å². The minimum absolute atomic E-state index is 0.118. The maximum absolute atomic E-state index is 11.3. The van der Waals surface area contributed by atoms with Gasteiger partial charge in [0.1, 0.15) is 0 Å². The topological polar surface area (TPSA) is 49.3 Å². The highest BCUT2D eigenvalue weighted by Gasteiger charge is 2.46. The van der Waals surface area contributed by atoms with Gasteiger partial charge in [0.25, 0.3) is 0 Å². The van der Waals surface area contributed by atoms with Gasteiger partial charge < -0.3 is 10.4 Å². The highest BCUT2D eigenvalue weighted by molar-refractivity contribution is 7.99. The minimum Gasteiger partial charge on any atom is -0.481 e. The molecule has 1 aliphatic heterocycles. The van der Waals surface area contributed by atoms with Crippen molar-refractivity contribution in [2.24, 2.45) is 17.3 Å². The Bertz CT molecular complexity index is 313. The third-order valence-electron chi connectivity index (χ3n) is 5.12. The van der Waals surface area contributed by atoms with Crippen LogP contribution in [0, 0.1) is 17.3 Å². The van der Waals surface area contributed by atoms with E-state index in [2.05, 4.69) is 26.1 Å². The van der Waals surface area contributed by atoms with E-state index in [4.69, 9.17) is 0 Å². The van der Waals surface area contributed by atoms with Crippen molar-refractivity contribution >= 4 is 17.7 Å². The number of carboxylic acid groups (broad SMARTS) is 1. The van der Waals surface area contributed by atoms with Crippen molar-refractivity contribution in [1.82, 2.24) is 5.32 Å². The van der Waals surface area contributed by atoms with Gasteiger partial charge in [-0.25, -0.2) is 0 Å². The van der Waals surface area contributed by atoms with Crippen LogP contribution in [0.15, 0.2) is 0 Å². The summed E-state index contributed by atoms with van der Waals surface area (Å²) in [5, 5.41) is 13.1. The Labute approximate surface area is 114 Å². The summed E-state index contributed by atoms with van der Waals surface area (Å²) in [5.41, 5.74) is -0.118. The first-order valence-electron chi connectivity index (χ1n) is 6.99. The maximum Gasteiger partial charge on any atom is 0.307 e. The monoisotopic (exact) mass is 271 g/mol. The second-order valence-corrected chi connectivity index (χ2v) is 7.56. The molecule has 0 aromatic carbocycles. The molecule has 4 atom stereocenters. The first kappa shape index (κ1) is 14.2. The van der Waals surface area contributed by atoms with E-state index < -0.39 is 5.97 Å². The Morgan fingerprint density at radius 1 is 1.33 bits per heavy atom. The number of rotatable bonds is 3. The highest BCUT2D eigenvalue weighted by atomic mass is 32.2. The quantitative estimate of drug-likeness (QED) is 0.828. The van der Waals surface area contributed by atoms with Crippen molar-refractivity contribution in [3.05, 3.63) is 0 Å². The molecule has 104 valence electrons. The predicted octanol–water partition coefficient (Wildman–Crippen LogP) is 2.61. The summed E-state index contributed by atoms with van der Waals surface area (Å²) in [6.45, 7) is 6.45. The van der Waals surface area contributed by atoms with Crippen LogP contribution in [0.25, 0.3) is 0 Å². The van der Waals surface area contributed by atoms with Gasteiger partial charge in [0.2, 0.25) is 0 Å². The van der Waals surface area contributed by atoms with Gasteiger partial charge >= 0.3 is 5.97 Å². The fourth-order valence-electron chi connectivity index (χ4n) is 3.44. The van der Waals surface area contributed by atoms with Crippen molar-refractivity contribution in [2.45, 2.75) is 52.1 Å². The zero-order valence-corrected chi connectivity index (χ0v) is 12.4. The van der Waals surface area contributed by atoms with Gasteiger partial charge in [0, 0.05) is 17.8 Å². The number of carbonyl (C=O) groups is 1. The zero-order chi connectivity index (χ0) is 13.3. The second kappa shape index (κ2) is 5.41. The van der Waals surface area contributed by atoms with Crippen LogP contribution >= 0.6 is 11.8 Å². The normalized spacial score (nSPS) is 39.7. The molecule has 2 fully saturated rings. The van der Waals surface area contributed by atoms with E-state index in [-0.39, 0.29) is 11.3 Å². The van der Waals surface area contributed by atoms with Crippen molar-refractivity contribution in [3.63, 3.8) is 0 Å². The fraction of sp³-hybridized carbons (Fsp3) is 0.929. The Morgan fingerprint density at radius 2 is 2.06 bits per heavy atom. The fourth-order valence-corrected chi connectivity index (χ4v) is 4.61. The van der Waals surface area contributed by atoms with Crippen LogP contribution in [-0.4, -0.2) is 34.7 Å². The molecule has 0 amide bonds. The average Bonchev–Trinajstić information content (AvgIpc) is 2.77. The van der Waals surface area contributed by atoms with Crippen LogP contribution in [0.5, 0.6) is 0 Å². The Morgan fingerprint density at radius 3 is 2.61 bits per heavy atom. The summed E-state index contributed by atoms with van der Waals surface area (Å²) in [4.78, 5) is 11.3. The molecule has 2 rings (SSSR count). The van der Waals surface area contributed by atoms with Crippen LogP contribution in [0.2, 0.25) is 0 Å². The lowest BCUT2D eigenvalue weighted by atomic mass is 9.61. The standard InChI is InChI=1S/C14H25NO2S/c1-9-12(15-10-6-7-18-8-10)5-4-11(13(16)17)14(9,2)3/h9-12,15H,4-8H2,1-3H3,(H,16,17). The molecule has 0 spiro atoms. The Hall–Kier alpha value is -0.220. The number of aliphatic carboxylic acids is 1. The van der Waals surface area contributed by atoms with Crippen LogP contribution in [0.3, 0.4) is 0 Å². The first-order chi connectivity index (χ1) is 8.43. The molecule has 0 aromatic heterocycles. The molecule has 2 aliphatic rings. The number of carboxylic acids is 1. The predicted molar refractivity (Wildman–Crippen MR) is 76.0 cm³/mol. The lowest BCUT2D eigenvalue weighted by Gasteiger charge is -2.47. The molecular formula is C14H25NO2S. The molecule has 1 saturated carbocycles. The van der Waals surface area contributed by atoms with Gasteiger partial charge in [0.15, 0.2) is 0 Å². The third-order valence-corrected chi connectivity index (χ3v) is 6.28. The number of nitrogens with one attached hydrogen (secondary N) is 1. The van der Waals surface area contributed by atoms with Crippen LogP contribution in [-0.2, 0) is 4.79 Å². The summed E-state index contributed by atoms with van der Waals surface area (Å²) in [5.74, 6) is 2.08. The lowest BCUT2D eigenvalue weighted by molar-refractivity contribution is -0.150. The van der Waals surface area contributed by atoms with Gasteiger partial charge in [-0.3, -0.25) is 4.79 Å². The van der Waals surface area contributed by atoms with Crippen LogP contribution in [0.1, 0.15) is 40.0 Å². The number of thioether (sulfide) groups is 1. The molecule has 1 saturated heterocycles. The number of hydrogen-bond donors (Lipinski definition) is 2. The first-order valence-corrected chi connectivity index (χ1v) is 8.15. The Kier molecular flexibility index (Phi) is 4.27. The molecule has 2 N–H and O–H groups in total. The zero-order valence-electron chi connectivity index (χ0n) is 11.6. The number of hydrogen-bond acceptors (Lipinski definition) is 3. The van der Waals surface area contributed by atoms with E-state index in [9.17, 15) is 9.90 Å². The molecule has 0 radical (unpaired) electrons. The minimum atomic E-state index is -0.623. The SMILES string of the molecule is CC1C(NC2CCSC2)CCC(C(=O)O)C1(C)C. The molecule has 18 heavy (non-hydrogen) atoms. The van der Waals surface area contributed by atoms with Crippen LogP contribution in [0.4, 0.5) is 0 Å². The van der Waals surface area contributed by atoms with E-state index in [0.717, 1.165) is 12.8 Å². The van der Waals surface area contributed by atoms with E-state index >= 15 is 0 Å². The Balaban J connectivity index is 2.01. The van der Waals surface area contributed by atoms with Crippen LogP contribution < -0.4 is 5.32 Å². The van der Waals surface area contributed by atoms with E-state index in [1.807, 2.05) is 11.8 Å². The molecule has 0 aromatic rings. The molecule has 0 bridgehead atoms. The smallest absolute Gasteiger partial charge is 0.307 e. The van der Waals surface area contributed by atoms with Gasteiger partial charge in [-0.1, -0.05) is 20.8 Å². The van der Waals surface area contributed by atoms with Crippen molar-refractivity contribution < 1.29 is 9.90 Å². The van der Waals surface area contributed by atoms with Gasteiger partial charge in [-0.05, 0) is 36.3 Å². The maximum atomic E-state index is 11.3. The summed E-state index contributed by atoms with van der Waals surface area (Å²) in [6.07, 6.45) is 3.07. The molecule has 4 heteroatoms. The van der Waals surface area contributed by atoms with E-state index in [0.29, 0.717) is 18.0 Å². The molecule has 3 nitrogen and oxygen atoms in total. The summed E-state index contributed by atoms with van der Waals surface area (Å²) < 4.78 is 0. The molecule has 1 aliphatic carbocycles. The van der Waals surface area contributed by atoms with Crippen molar-refractivity contribution in [3.8, 4) is 0 Å². The van der Waals surface area contributed by atoms with Gasteiger partial charge in [0.05, 0.1) is 5.92 Å². The third kappa shape index (κ3) is 2.69. The van der Waals surface area contributed by atoms with Crippen molar-refractivity contribution in [1.29, 1.82) is 0 Å².